The summed E-state index contributed by atoms with van der Waals surface area (Å²) in [5.41, 5.74) is 2.67. The Morgan fingerprint density at radius 1 is 1.18 bits per heavy atom. The lowest BCUT2D eigenvalue weighted by atomic mass is 9.95. The number of piperidine rings is 1. The quantitative estimate of drug-likeness (QED) is 0.448. The van der Waals surface area contributed by atoms with Gasteiger partial charge in [0.25, 0.3) is 0 Å². The average Bonchev–Trinajstić information content (AvgIpc) is 3.48. The Kier molecular flexibility index (Phi) is 5.77. The molecule has 0 unspecified atom stereocenters. The van der Waals surface area contributed by atoms with Gasteiger partial charge in [0.2, 0.25) is 5.91 Å². The lowest BCUT2D eigenvalue weighted by Gasteiger charge is -2.33. The Morgan fingerprint density at radius 3 is 2.73 bits per heavy atom. The number of hydrogen-bond donors (Lipinski definition) is 0. The van der Waals surface area contributed by atoms with Gasteiger partial charge in [-0.2, -0.15) is 0 Å². The zero-order chi connectivity index (χ0) is 22.8. The second kappa shape index (κ2) is 9.01. The van der Waals surface area contributed by atoms with Crippen LogP contribution in [-0.2, 0) is 11.2 Å². The topological polar surface area (TPSA) is 99.2 Å². The number of carbonyl (C=O) groups is 1. The molecule has 0 N–H and O–H groups in total. The molecule has 1 fully saturated rings. The van der Waals surface area contributed by atoms with Gasteiger partial charge in [0, 0.05) is 25.4 Å². The SMILES string of the molecule is COc1cccc(C[C@H](C(=O)N2CCC(c3nc4ccccc4o3)CC2)n2nnnc2C)c1. The fraction of sp³-hybridized carbons (Fsp3) is 0.375. The molecule has 9 heteroatoms. The van der Waals surface area contributed by atoms with Gasteiger partial charge in [0.05, 0.1) is 7.11 Å². The molecule has 0 bridgehead atoms. The molecule has 1 saturated heterocycles. The van der Waals surface area contributed by atoms with E-state index >= 15 is 0 Å². The normalized spacial score (nSPS) is 15.6. The summed E-state index contributed by atoms with van der Waals surface area (Å²) in [6.45, 7) is 3.08. The van der Waals surface area contributed by atoms with Crippen LogP contribution in [0.4, 0.5) is 0 Å². The Hall–Kier alpha value is -3.75. The van der Waals surface area contributed by atoms with Gasteiger partial charge in [0.1, 0.15) is 23.1 Å². The molecule has 3 heterocycles. The van der Waals surface area contributed by atoms with Crippen LogP contribution in [0.3, 0.4) is 0 Å². The van der Waals surface area contributed by atoms with E-state index in [0.29, 0.717) is 25.3 Å². The number of ether oxygens (including phenoxy) is 1. The summed E-state index contributed by atoms with van der Waals surface area (Å²) >= 11 is 0. The highest BCUT2D eigenvalue weighted by Crippen LogP contribution is 2.31. The van der Waals surface area contributed by atoms with Crippen molar-refractivity contribution < 1.29 is 13.9 Å². The second-order valence-electron chi connectivity index (χ2n) is 8.36. The first-order chi connectivity index (χ1) is 16.1. The molecule has 0 aliphatic carbocycles. The third kappa shape index (κ3) is 4.30. The van der Waals surface area contributed by atoms with Crippen molar-refractivity contribution in [3.63, 3.8) is 0 Å². The molecule has 2 aromatic carbocycles. The zero-order valence-corrected chi connectivity index (χ0v) is 18.7. The Bertz CT molecular complexity index is 1220. The van der Waals surface area contributed by atoms with Crippen LogP contribution in [-0.4, -0.2) is 56.2 Å². The first-order valence-electron chi connectivity index (χ1n) is 11.1. The van der Waals surface area contributed by atoms with Crippen molar-refractivity contribution in [1.82, 2.24) is 30.1 Å². The molecule has 5 rings (SSSR count). The van der Waals surface area contributed by atoms with Crippen LogP contribution in [0, 0.1) is 6.92 Å². The van der Waals surface area contributed by atoms with Crippen LogP contribution < -0.4 is 4.74 Å². The standard InChI is InChI=1S/C24H26N6O3/c1-16-26-27-28-30(16)21(15-17-6-5-7-19(14-17)32-2)24(31)29-12-10-18(11-13-29)23-25-20-8-3-4-9-22(20)33-23/h3-9,14,18,21H,10-13,15H2,1-2H3/t21-/m1/s1. The zero-order valence-electron chi connectivity index (χ0n) is 18.7. The Balaban J connectivity index is 1.32. The van der Waals surface area contributed by atoms with Crippen LogP contribution >= 0.6 is 0 Å². The van der Waals surface area contributed by atoms with Crippen molar-refractivity contribution >= 4 is 17.0 Å². The van der Waals surface area contributed by atoms with Gasteiger partial charge >= 0.3 is 0 Å². The van der Waals surface area contributed by atoms with E-state index in [0.717, 1.165) is 41.1 Å². The summed E-state index contributed by atoms with van der Waals surface area (Å²) in [6, 6.07) is 15.0. The first kappa shape index (κ1) is 21.1. The van der Waals surface area contributed by atoms with E-state index in [1.807, 2.05) is 60.4 Å². The molecule has 0 radical (unpaired) electrons. The predicted molar refractivity (Wildman–Crippen MR) is 121 cm³/mol. The van der Waals surface area contributed by atoms with Crippen LogP contribution in [0.5, 0.6) is 5.75 Å². The van der Waals surface area contributed by atoms with Crippen molar-refractivity contribution in [1.29, 1.82) is 0 Å². The molecule has 33 heavy (non-hydrogen) atoms. The van der Waals surface area contributed by atoms with Gasteiger partial charge in [-0.1, -0.05) is 24.3 Å². The van der Waals surface area contributed by atoms with Crippen molar-refractivity contribution in [3.05, 3.63) is 65.8 Å². The van der Waals surface area contributed by atoms with E-state index in [4.69, 9.17) is 9.15 Å². The number of tetrazole rings is 1. The van der Waals surface area contributed by atoms with Gasteiger partial charge in [-0.15, -0.1) is 5.10 Å². The van der Waals surface area contributed by atoms with Gasteiger partial charge in [-0.3, -0.25) is 4.79 Å². The number of nitrogens with zero attached hydrogens (tertiary/aromatic N) is 6. The number of rotatable bonds is 6. The maximum atomic E-state index is 13.6. The van der Waals surface area contributed by atoms with E-state index in [1.54, 1.807) is 11.8 Å². The van der Waals surface area contributed by atoms with E-state index in [1.165, 1.54) is 0 Å². The fourth-order valence-corrected chi connectivity index (χ4v) is 4.45. The highest BCUT2D eigenvalue weighted by molar-refractivity contribution is 5.81. The third-order valence-electron chi connectivity index (χ3n) is 6.27. The molecule has 9 nitrogen and oxygen atoms in total. The molecule has 0 spiro atoms. The van der Waals surface area contributed by atoms with Crippen molar-refractivity contribution in [3.8, 4) is 5.75 Å². The predicted octanol–water partition coefficient (Wildman–Crippen LogP) is 3.32. The van der Waals surface area contributed by atoms with Crippen molar-refractivity contribution in [2.75, 3.05) is 20.2 Å². The third-order valence-corrected chi connectivity index (χ3v) is 6.27. The van der Waals surface area contributed by atoms with Gasteiger partial charge < -0.3 is 14.1 Å². The number of carbonyl (C=O) groups excluding carboxylic acids is 1. The number of fused-ring (bicyclic) bond motifs is 1. The van der Waals surface area contributed by atoms with Gasteiger partial charge in [-0.25, -0.2) is 9.67 Å². The van der Waals surface area contributed by atoms with Crippen LogP contribution in [0.1, 0.15) is 42.1 Å². The number of likely N-dealkylation sites (tertiary alicyclic amines) is 1. The number of benzene rings is 2. The minimum atomic E-state index is -0.520. The smallest absolute Gasteiger partial charge is 0.247 e. The lowest BCUT2D eigenvalue weighted by Crippen LogP contribution is -2.43. The van der Waals surface area contributed by atoms with Crippen LogP contribution in [0.2, 0.25) is 0 Å². The van der Waals surface area contributed by atoms with Crippen molar-refractivity contribution in [2.45, 2.75) is 38.1 Å². The molecule has 4 aromatic rings. The van der Waals surface area contributed by atoms with E-state index < -0.39 is 6.04 Å². The highest BCUT2D eigenvalue weighted by atomic mass is 16.5. The maximum absolute atomic E-state index is 13.6. The molecule has 0 saturated carbocycles. The largest absolute Gasteiger partial charge is 0.497 e. The van der Waals surface area contributed by atoms with E-state index in [2.05, 4.69) is 20.5 Å². The molecule has 1 aliphatic rings. The molecular weight excluding hydrogens is 420 g/mol. The minimum absolute atomic E-state index is 0.0178. The number of aryl methyl sites for hydroxylation is 1. The van der Waals surface area contributed by atoms with E-state index in [9.17, 15) is 4.79 Å². The molecular formula is C24H26N6O3. The summed E-state index contributed by atoms with van der Waals surface area (Å²) in [4.78, 5) is 20.2. The van der Waals surface area contributed by atoms with E-state index in [-0.39, 0.29) is 11.8 Å². The molecule has 1 aliphatic heterocycles. The summed E-state index contributed by atoms with van der Waals surface area (Å²) in [7, 11) is 1.63. The average molecular weight is 447 g/mol. The number of methoxy groups -OCH3 is 1. The number of aromatic nitrogens is 5. The van der Waals surface area contributed by atoms with Crippen LogP contribution in [0.25, 0.3) is 11.1 Å². The number of para-hydroxylation sites is 2. The molecule has 1 atom stereocenters. The summed E-state index contributed by atoms with van der Waals surface area (Å²) in [5.74, 6) is 2.34. The molecule has 1 amide bonds. The minimum Gasteiger partial charge on any atom is -0.497 e. The highest BCUT2D eigenvalue weighted by Gasteiger charge is 2.33. The Labute approximate surface area is 191 Å². The fourth-order valence-electron chi connectivity index (χ4n) is 4.45. The monoisotopic (exact) mass is 446 g/mol. The Morgan fingerprint density at radius 2 is 2.00 bits per heavy atom. The lowest BCUT2D eigenvalue weighted by molar-refractivity contribution is -0.136. The molecule has 2 aromatic heterocycles. The number of oxazole rings is 1. The first-order valence-corrected chi connectivity index (χ1v) is 11.1. The van der Waals surface area contributed by atoms with Gasteiger partial charge in [-0.05, 0) is 60.0 Å². The van der Waals surface area contributed by atoms with Gasteiger partial charge in [0.15, 0.2) is 11.5 Å². The second-order valence-corrected chi connectivity index (χ2v) is 8.36. The maximum Gasteiger partial charge on any atom is 0.247 e. The molecule has 170 valence electrons. The van der Waals surface area contributed by atoms with Crippen molar-refractivity contribution in [2.24, 2.45) is 0 Å². The summed E-state index contributed by atoms with van der Waals surface area (Å²) in [5, 5.41) is 11.9. The number of amides is 1. The summed E-state index contributed by atoms with van der Waals surface area (Å²) in [6.07, 6.45) is 2.09. The number of hydrogen-bond acceptors (Lipinski definition) is 7. The van der Waals surface area contributed by atoms with Crippen LogP contribution in [0.15, 0.2) is 52.9 Å². The summed E-state index contributed by atoms with van der Waals surface area (Å²) < 4.78 is 12.9.